The van der Waals surface area contributed by atoms with Crippen molar-refractivity contribution < 1.29 is 5.11 Å². The van der Waals surface area contributed by atoms with Crippen LogP contribution in [0.25, 0.3) is 0 Å². The molecule has 5 nitrogen and oxygen atoms in total. The second kappa shape index (κ2) is 5.12. The van der Waals surface area contributed by atoms with Crippen molar-refractivity contribution in [1.29, 1.82) is 0 Å². The Balaban J connectivity index is 1.88. The highest BCUT2D eigenvalue weighted by Gasteiger charge is 2.22. The highest BCUT2D eigenvalue weighted by Crippen LogP contribution is 2.17. The minimum Gasteiger partial charge on any atom is -0.389 e. The van der Waals surface area contributed by atoms with Crippen LogP contribution >= 0.6 is 0 Å². The van der Waals surface area contributed by atoms with Crippen LogP contribution in [0.4, 0.5) is 11.5 Å². The summed E-state index contributed by atoms with van der Waals surface area (Å²) in [4.78, 5) is 8.71. The zero-order chi connectivity index (χ0) is 13.2. The largest absolute Gasteiger partial charge is 0.389 e. The number of nitrogens with zero attached hydrogens (tertiary/aromatic N) is 3. The average Bonchev–Trinajstić information content (AvgIpc) is 2.29. The molecule has 1 fully saturated rings. The Kier molecular flexibility index (Phi) is 3.73. The first-order valence-electron chi connectivity index (χ1n) is 6.35. The van der Waals surface area contributed by atoms with Gasteiger partial charge in [-0.05, 0) is 26.0 Å². The summed E-state index contributed by atoms with van der Waals surface area (Å²) in [7, 11) is 0. The maximum absolute atomic E-state index is 9.80. The van der Waals surface area contributed by atoms with Crippen molar-refractivity contribution in [2.75, 3.05) is 43.4 Å². The van der Waals surface area contributed by atoms with E-state index in [0.717, 1.165) is 38.4 Å². The number of β-amino-alcohol motifs (C(OH)–C–C–N with tert-alkyl or cyclic N) is 1. The van der Waals surface area contributed by atoms with Gasteiger partial charge in [0, 0.05) is 32.7 Å². The number of aliphatic hydroxyl groups is 1. The molecule has 0 unspecified atom stereocenters. The van der Waals surface area contributed by atoms with E-state index in [1.165, 1.54) is 0 Å². The molecule has 1 aromatic rings. The van der Waals surface area contributed by atoms with E-state index in [0.29, 0.717) is 5.82 Å². The number of hydrogen-bond donors (Lipinski definition) is 2. The molecule has 2 heterocycles. The molecular weight excluding hydrogens is 228 g/mol. The van der Waals surface area contributed by atoms with Crippen molar-refractivity contribution in [3.8, 4) is 0 Å². The summed E-state index contributed by atoms with van der Waals surface area (Å²) >= 11 is 0. The molecule has 2 rings (SSSR count). The van der Waals surface area contributed by atoms with Crippen molar-refractivity contribution in [3.05, 3.63) is 18.3 Å². The zero-order valence-corrected chi connectivity index (χ0v) is 11.1. The van der Waals surface area contributed by atoms with Gasteiger partial charge in [0.1, 0.15) is 5.82 Å². The third-order valence-electron chi connectivity index (χ3n) is 3.12. The SMILES string of the molecule is CC(C)(O)CN1CCN(c2ccc(N)nc2)CC1. The molecule has 100 valence electrons. The molecule has 0 saturated carbocycles. The molecule has 0 aliphatic carbocycles. The molecular formula is C13H22N4O. The van der Waals surface area contributed by atoms with Gasteiger partial charge in [-0.25, -0.2) is 4.98 Å². The van der Waals surface area contributed by atoms with Crippen LogP contribution in [-0.4, -0.2) is 53.3 Å². The Hall–Kier alpha value is -1.33. The molecule has 1 aliphatic rings. The summed E-state index contributed by atoms with van der Waals surface area (Å²) in [5.41, 5.74) is 6.08. The third-order valence-corrected chi connectivity index (χ3v) is 3.12. The molecule has 3 N–H and O–H groups in total. The summed E-state index contributed by atoms with van der Waals surface area (Å²) in [6.07, 6.45) is 1.82. The van der Waals surface area contributed by atoms with Crippen LogP contribution in [0.1, 0.15) is 13.8 Å². The summed E-state index contributed by atoms with van der Waals surface area (Å²) in [5.74, 6) is 0.555. The van der Waals surface area contributed by atoms with Crippen LogP contribution < -0.4 is 10.6 Å². The normalized spacial score (nSPS) is 18.1. The van der Waals surface area contributed by atoms with Gasteiger partial charge in [0.05, 0.1) is 17.5 Å². The number of aromatic nitrogens is 1. The summed E-state index contributed by atoms with van der Waals surface area (Å²) < 4.78 is 0. The third kappa shape index (κ3) is 3.58. The average molecular weight is 250 g/mol. The number of hydrogen-bond acceptors (Lipinski definition) is 5. The Morgan fingerprint density at radius 1 is 1.28 bits per heavy atom. The van der Waals surface area contributed by atoms with E-state index in [1.54, 1.807) is 0 Å². The Morgan fingerprint density at radius 3 is 2.44 bits per heavy atom. The van der Waals surface area contributed by atoms with Crippen molar-refractivity contribution in [2.24, 2.45) is 0 Å². The van der Waals surface area contributed by atoms with E-state index >= 15 is 0 Å². The summed E-state index contributed by atoms with van der Waals surface area (Å²) in [6.45, 7) is 8.28. The Morgan fingerprint density at radius 2 is 1.94 bits per heavy atom. The minimum absolute atomic E-state index is 0.555. The van der Waals surface area contributed by atoms with Gasteiger partial charge >= 0.3 is 0 Å². The van der Waals surface area contributed by atoms with Crippen LogP contribution in [0.15, 0.2) is 18.3 Å². The minimum atomic E-state index is -0.620. The van der Waals surface area contributed by atoms with Crippen molar-refractivity contribution >= 4 is 11.5 Å². The van der Waals surface area contributed by atoms with E-state index in [4.69, 9.17) is 5.73 Å². The predicted molar refractivity (Wildman–Crippen MR) is 73.6 cm³/mol. The van der Waals surface area contributed by atoms with Crippen LogP contribution in [0.3, 0.4) is 0 Å². The number of anilines is 2. The fourth-order valence-electron chi connectivity index (χ4n) is 2.30. The van der Waals surface area contributed by atoms with Crippen molar-refractivity contribution in [3.63, 3.8) is 0 Å². The second-order valence-corrected chi connectivity index (χ2v) is 5.52. The first-order chi connectivity index (χ1) is 8.44. The molecule has 18 heavy (non-hydrogen) atoms. The molecule has 0 spiro atoms. The van der Waals surface area contributed by atoms with Crippen molar-refractivity contribution in [1.82, 2.24) is 9.88 Å². The zero-order valence-electron chi connectivity index (χ0n) is 11.1. The van der Waals surface area contributed by atoms with Crippen LogP contribution in [0.5, 0.6) is 0 Å². The topological polar surface area (TPSA) is 65.6 Å². The first-order valence-corrected chi connectivity index (χ1v) is 6.35. The lowest BCUT2D eigenvalue weighted by molar-refractivity contribution is 0.0345. The predicted octanol–water partition coefficient (Wildman–Crippen LogP) is 0.557. The fourth-order valence-corrected chi connectivity index (χ4v) is 2.30. The van der Waals surface area contributed by atoms with E-state index in [-0.39, 0.29) is 0 Å². The molecule has 0 amide bonds. The van der Waals surface area contributed by atoms with Gasteiger partial charge < -0.3 is 15.7 Å². The van der Waals surface area contributed by atoms with Gasteiger partial charge in [0.25, 0.3) is 0 Å². The van der Waals surface area contributed by atoms with E-state index in [1.807, 2.05) is 32.2 Å². The van der Waals surface area contributed by atoms with Gasteiger partial charge in [-0.15, -0.1) is 0 Å². The smallest absolute Gasteiger partial charge is 0.123 e. The number of pyridine rings is 1. The number of piperazine rings is 1. The molecule has 0 atom stereocenters. The molecule has 0 bridgehead atoms. The number of rotatable bonds is 3. The van der Waals surface area contributed by atoms with Crippen molar-refractivity contribution in [2.45, 2.75) is 19.4 Å². The fraction of sp³-hybridized carbons (Fsp3) is 0.615. The molecule has 1 aliphatic heterocycles. The van der Waals surface area contributed by atoms with Gasteiger partial charge in [0.2, 0.25) is 0 Å². The van der Waals surface area contributed by atoms with Gasteiger partial charge in [0.15, 0.2) is 0 Å². The Labute approximate surface area is 108 Å². The highest BCUT2D eigenvalue weighted by atomic mass is 16.3. The highest BCUT2D eigenvalue weighted by molar-refractivity contribution is 5.48. The lowest BCUT2D eigenvalue weighted by Gasteiger charge is -2.38. The van der Waals surface area contributed by atoms with Crippen LogP contribution in [-0.2, 0) is 0 Å². The van der Waals surface area contributed by atoms with Gasteiger partial charge in [-0.2, -0.15) is 0 Å². The summed E-state index contributed by atoms with van der Waals surface area (Å²) in [5, 5.41) is 9.80. The van der Waals surface area contributed by atoms with Gasteiger partial charge in [-0.1, -0.05) is 0 Å². The molecule has 1 saturated heterocycles. The summed E-state index contributed by atoms with van der Waals surface area (Å²) in [6, 6.07) is 3.84. The maximum atomic E-state index is 9.80. The van der Waals surface area contributed by atoms with Crippen LogP contribution in [0.2, 0.25) is 0 Å². The Bertz CT molecular complexity index is 377. The van der Waals surface area contributed by atoms with Crippen LogP contribution in [0, 0.1) is 0 Å². The van der Waals surface area contributed by atoms with Gasteiger partial charge in [-0.3, -0.25) is 4.90 Å². The molecule has 5 heteroatoms. The maximum Gasteiger partial charge on any atom is 0.123 e. The van der Waals surface area contributed by atoms with E-state index in [9.17, 15) is 5.11 Å². The number of nitrogens with two attached hydrogens (primary N) is 1. The number of nitrogen functional groups attached to an aromatic ring is 1. The van der Waals surface area contributed by atoms with E-state index < -0.39 is 5.60 Å². The monoisotopic (exact) mass is 250 g/mol. The molecule has 0 aromatic carbocycles. The van der Waals surface area contributed by atoms with E-state index in [2.05, 4.69) is 14.8 Å². The first kappa shape index (κ1) is 13.1. The quantitative estimate of drug-likeness (QED) is 0.820. The second-order valence-electron chi connectivity index (χ2n) is 5.52. The standard InChI is InChI=1S/C13H22N4O/c1-13(2,18)10-16-5-7-17(8-6-16)11-3-4-12(14)15-9-11/h3-4,9,18H,5-8,10H2,1-2H3,(H2,14,15). The molecule has 1 aromatic heterocycles. The molecule has 0 radical (unpaired) electrons. The lowest BCUT2D eigenvalue weighted by atomic mass is 10.1. The lowest BCUT2D eigenvalue weighted by Crippen LogP contribution is -2.50.